The van der Waals surface area contributed by atoms with Gasteiger partial charge in [0.15, 0.2) is 6.61 Å². The fraction of sp³-hybridized carbons (Fsp3) is 0.400. The fourth-order valence-electron chi connectivity index (χ4n) is 3.10. The van der Waals surface area contributed by atoms with Gasteiger partial charge in [0.05, 0.1) is 12.0 Å². The lowest BCUT2D eigenvalue weighted by Gasteiger charge is -2.25. The lowest BCUT2D eigenvalue weighted by molar-refractivity contribution is -0.146. The summed E-state index contributed by atoms with van der Waals surface area (Å²) in [5.41, 5.74) is -0.718. The molecule has 1 aliphatic heterocycles. The van der Waals surface area contributed by atoms with Crippen LogP contribution in [0.3, 0.4) is 0 Å². The number of carbonyl (C=O) groups excluding carboxylic acids is 2. The number of anilines is 1. The summed E-state index contributed by atoms with van der Waals surface area (Å²) in [5.74, 6) is -1.44. The third-order valence-corrected chi connectivity index (χ3v) is 8.18. The summed E-state index contributed by atoms with van der Waals surface area (Å²) in [6.45, 7) is 0.335. The summed E-state index contributed by atoms with van der Waals surface area (Å²) in [6.07, 6.45) is -2.04. The van der Waals surface area contributed by atoms with Gasteiger partial charge in [0.2, 0.25) is 0 Å². The van der Waals surface area contributed by atoms with Crippen LogP contribution in [0.2, 0.25) is 0 Å². The zero-order valence-corrected chi connectivity index (χ0v) is 18.5. The average molecular weight is 491 g/mol. The molecule has 1 N–H and O–H groups in total. The number of ether oxygens (including phenoxy) is 1. The molecule has 7 nitrogen and oxygen atoms in total. The van der Waals surface area contributed by atoms with Gasteiger partial charge < -0.3 is 10.1 Å². The molecular formula is C20H21F3N2O5S2. The first-order valence-electron chi connectivity index (χ1n) is 9.77. The number of thiophene rings is 1. The smallest absolute Gasteiger partial charge is 0.416 e. The van der Waals surface area contributed by atoms with E-state index in [0.717, 1.165) is 54.9 Å². The van der Waals surface area contributed by atoms with Crippen molar-refractivity contribution in [2.24, 2.45) is 0 Å². The Labute approximate surface area is 187 Å². The summed E-state index contributed by atoms with van der Waals surface area (Å²) in [4.78, 5) is 24.4. The number of amides is 1. The van der Waals surface area contributed by atoms with E-state index >= 15 is 0 Å². The van der Waals surface area contributed by atoms with Crippen molar-refractivity contribution in [2.75, 3.05) is 25.0 Å². The van der Waals surface area contributed by atoms with Gasteiger partial charge >= 0.3 is 12.1 Å². The molecule has 2 heterocycles. The van der Waals surface area contributed by atoms with Crippen LogP contribution in [0.25, 0.3) is 0 Å². The van der Waals surface area contributed by atoms with Gasteiger partial charge in [-0.25, -0.2) is 8.42 Å². The fourth-order valence-corrected chi connectivity index (χ4v) is 6.12. The summed E-state index contributed by atoms with van der Waals surface area (Å²) in [5, 5.41) is 2.33. The Morgan fingerprint density at radius 1 is 1.03 bits per heavy atom. The number of halogens is 3. The SMILES string of the molecule is O=C(COC(=O)Cc1ccc(S(=O)(=O)N2CCCCC2)s1)Nc1ccc(C(F)(F)F)cc1. The van der Waals surface area contributed by atoms with Gasteiger partial charge in [-0.15, -0.1) is 11.3 Å². The number of nitrogens with zero attached hydrogens (tertiary/aromatic N) is 1. The monoisotopic (exact) mass is 490 g/mol. The number of nitrogens with one attached hydrogen (secondary N) is 1. The largest absolute Gasteiger partial charge is 0.455 e. The van der Waals surface area contributed by atoms with E-state index in [1.54, 1.807) is 0 Å². The van der Waals surface area contributed by atoms with Crippen LogP contribution in [-0.4, -0.2) is 44.3 Å². The standard InChI is InChI=1S/C20H21F3N2O5S2/c21-20(22,23)14-4-6-15(7-5-14)24-17(26)13-30-18(27)12-16-8-9-19(31-16)32(28,29)25-10-2-1-3-11-25/h4-9H,1-3,10-13H2,(H,24,26). The van der Waals surface area contributed by atoms with E-state index < -0.39 is 40.2 Å². The van der Waals surface area contributed by atoms with Crippen molar-refractivity contribution in [2.45, 2.75) is 36.1 Å². The van der Waals surface area contributed by atoms with Crippen LogP contribution in [0.15, 0.2) is 40.6 Å². The van der Waals surface area contributed by atoms with Crippen LogP contribution >= 0.6 is 11.3 Å². The van der Waals surface area contributed by atoms with Gasteiger partial charge in [0.25, 0.3) is 15.9 Å². The second-order valence-corrected chi connectivity index (χ2v) is 10.5. The molecule has 0 radical (unpaired) electrons. The molecule has 0 atom stereocenters. The van der Waals surface area contributed by atoms with Gasteiger partial charge in [-0.05, 0) is 49.2 Å². The van der Waals surface area contributed by atoms with Crippen molar-refractivity contribution in [1.82, 2.24) is 4.31 Å². The molecule has 3 rings (SSSR count). The molecule has 1 saturated heterocycles. The zero-order valence-electron chi connectivity index (χ0n) is 16.9. The highest BCUT2D eigenvalue weighted by atomic mass is 32.2. The number of carbonyl (C=O) groups is 2. The molecule has 32 heavy (non-hydrogen) atoms. The van der Waals surface area contributed by atoms with Crippen molar-refractivity contribution in [1.29, 1.82) is 0 Å². The molecule has 1 amide bonds. The minimum absolute atomic E-state index is 0.130. The number of alkyl halides is 3. The topological polar surface area (TPSA) is 92.8 Å². The molecule has 0 saturated carbocycles. The van der Waals surface area contributed by atoms with Crippen LogP contribution in [0.4, 0.5) is 18.9 Å². The maximum atomic E-state index is 12.7. The second kappa shape index (κ2) is 10.0. The first kappa shape index (κ1) is 24.2. The van der Waals surface area contributed by atoms with Gasteiger partial charge in [-0.3, -0.25) is 9.59 Å². The number of rotatable bonds is 7. The van der Waals surface area contributed by atoms with Crippen LogP contribution in [-0.2, 0) is 36.9 Å². The molecule has 2 aromatic rings. The van der Waals surface area contributed by atoms with Crippen LogP contribution in [0.1, 0.15) is 29.7 Å². The molecule has 0 bridgehead atoms. The minimum atomic E-state index is -4.48. The summed E-state index contributed by atoms with van der Waals surface area (Å²) in [7, 11) is -3.58. The number of hydrogen-bond donors (Lipinski definition) is 1. The van der Waals surface area contributed by atoms with E-state index in [1.165, 1.54) is 16.4 Å². The third kappa shape index (κ3) is 6.30. The maximum absolute atomic E-state index is 12.7. The van der Waals surface area contributed by atoms with Crippen molar-refractivity contribution in [3.8, 4) is 0 Å². The Morgan fingerprint density at radius 3 is 2.31 bits per heavy atom. The number of piperidine rings is 1. The van der Waals surface area contributed by atoms with E-state index in [2.05, 4.69) is 5.32 Å². The van der Waals surface area contributed by atoms with Crippen molar-refractivity contribution < 1.29 is 35.9 Å². The van der Waals surface area contributed by atoms with Crippen LogP contribution in [0, 0.1) is 0 Å². The molecular weight excluding hydrogens is 469 g/mol. The van der Waals surface area contributed by atoms with Crippen molar-refractivity contribution in [3.63, 3.8) is 0 Å². The van der Waals surface area contributed by atoms with E-state index in [-0.39, 0.29) is 16.3 Å². The molecule has 1 aromatic heterocycles. The molecule has 1 aromatic carbocycles. The number of hydrogen-bond acceptors (Lipinski definition) is 6. The van der Waals surface area contributed by atoms with Crippen LogP contribution in [0.5, 0.6) is 0 Å². The molecule has 1 fully saturated rings. The molecule has 1 aliphatic rings. The van der Waals surface area contributed by atoms with Crippen molar-refractivity contribution in [3.05, 3.63) is 46.8 Å². The Balaban J connectivity index is 1.48. The predicted octanol–water partition coefficient (Wildman–Crippen LogP) is 3.67. The van der Waals surface area contributed by atoms with Gasteiger partial charge in [-0.1, -0.05) is 6.42 Å². The van der Waals surface area contributed by atoms with E-state index in [4.69, 9.17) is 4.74 Å². The molecule has 174 valence electrons. The first-order chi connectivity index (χ1) is 15.1. The Kier molecular flexibility index (Phi) is 7.57. The van der Waals surface area contributed by atoms with E-state index in [0.29, 0.717) is 18.0 Å². The number of esters is 1. The summed E-state index contributed by atoms with van der Waals surface area (Å²) in [6, 6.07) is 6.83. The lowest BCUT2D eigenvalue weighted by Crippen LogP contribution is -2.35. The quantitative estimate of drug-likeness (QED) is 0.598. The van der Waals surface area contributed by atoms with E-state index in [1.807, 2.05) is 0 Å². The zero-order chi connectivity index (χ0) is 23.4. The van der Waals surface area contributed by atoms with Gasteiger partial charge in [-0.2, -0.15) is 17.5 Å². The average Bonchev–Trinajstić information content (AvgIpc) is 3.22. The summed E-state index contributed by atoms with van der Waals surface area (Å²) >= 11 is 0.979. The first-order valence-corrected chi connectivity index (χ1v) is 12.0. The van der Waals surface area contributed by atoms with Gasteiger partial charge in [0, 0.05) is 23.7 Å². The maximum Gasteiger partial charge on any atom is 0.416 e. The Morgan fingerprint density at radius 2 is 1.69 bits per heavy atom. The minimum Gasteiger partial charge on any atom is -0.455 e. The van der Waals surface area contributed by atoms with Crippen molar-refractivity contribution >= 4 is 38.9 Å². The number of sulfonamides is 1. The predicted molar refractivity (Wildman–Crippen MR) is 112 cm³/mol. The molecule has 0 aliphatic carbocycles. The highest BCUT2D eigenvalue weighted by molar-refractivity contribution is 7.91. The number of benzene rings is 1. The van der Waals surface area contributed by atoms with E-state index in [9.17, 15) is 31.2 Å². The normalized spacial score (nSPS) is 15.3. The molecule has 0 spiro atoms. The summed E-state index contributed by atoms with van der Waals surface area (Å²) < 4.78 is 69.4. The Bertz CT molecular complexity index is 1060. The highest BCUT2D eigenvalue weighted by Crippen LogP contribution is 2.30. The van der Waals surface area contributed by atoms with Crippen LogP contribution < -0.4 is 5.32 Å². The molecule has 0 unspecified atom stereocenters. The second-order valence-electron chi connectivity index (χ2n) is 7.15. The lowest BCUT2D eigenvalue weighted by atomic mass is 10.2. The third-order valence-electron chi connectivity index (χ3n) is 4.72. The molecule has 12 heteroatoms. The van der Waals surface area contributed by atoms with Gasteiger partial charge in [0.1, 0.15) is 4.21 Å². The highest BCUT2D eigenvalue weighted by Gasteiger charge is 2.30. The Hall–Kier alpha value is -2.44.